The van der Waals surface area contributed by atoms with Crippen molar-refractivity contribution in [2.45, 2.75) is 13.3 Å². The van der Waals surface area contributed by atoms with E-state index in [4.69, 9.17) is 0 Å². The smallest absolute Gasteiger partial charge is 0.337 e. The average molecular weight is 261 g/mol. The van der Waals surface area contributed by atoms with E-state index in [0.29, 0.717) is 17.7 Å². The monoisotopic (exact) mass is 261 g/mol. The topological polar surface area (TPSA) is 38.7 Å². The minimum atomic E-state index is -0.442. The van der Waals surface area contributed by atoms with E-state index in [2.05, 4.69) is 16.4 Å². The minimum absolute atomic E-state index is 0.305. The summed E-state index contributed by atoms with van der Waals surface area (Å²) in [6, 6.07) is 6.21. The van der Waals surface area contributed by atoms with Crippen LogP contribution in [0.15, 0.2) is 52.7 Å². The van der Waals surface area contributed by atoms with E-state index in [1.165, 1.54) is 19.2 Å². The summed E-state index contributed by atoms with van der Waals surface area (Å²) in [6.07, 6.45) is 3.61. The molecule has 0 spiro atoms. The van der Waals surface area contributed by atoms with E-state index in [-0.39, 0.29) is 5.82 Å². The Morgan fingerprint density at radius 1 is 1.53 bits per heavy atom. The van der Waals surface area contributed by atoms with Gasteiger partial charge in [-0.1, -0.05) is 18.2 Å². The van der Waals surface area contributed by atoms with Crippen LogP contribution >= 0.6 is 0 Å². The Morgan fingerprint density at radius 3 is 2.79 bits per heavy atom. The van der Waals surface area contributed by atoms with Gasteiger partial charge in [0.1, 0.15) is 5.82 Å². The quantitative estimate of drug-likeness (QED) is 0.353. The maximum atomic E-state index is 13.1. The van der Waals surface area contributed by atoms with Crippen molar-refractivity contribution in [1.82, 2.24) is 0 Å². The predicted octanol–water partition coefficient (Wildman–Crippen LogP) is 3.07. The highest BCUT2D eigenvalue weighted by Gasteiger charge is 2.07. The molecule has 0 heterocycles. The first kappa shape index (κ1) is 14.8. The highest BCUT2D eigenvalue weighted by Crippen LogP contribution is 2.13. The molecule has 4 heteroatoms. The number of carbonyl (C=O) groups is 1. The van der Waals surface area contributed by atoms with Gasteiger partial charge in [-0.2, -0.15) is 0 Å². The van der Waals surface area contributed by atoms with Crippen LogP contribution in [-0.4, -0.2) is 19.8 Å². The number of aliphatic imine (C=N–C) groups is 1. The number of halogens is 1. The number of hydrogen-bond donors (Lipinski definition) is 0. The van der Waals surface area contributed by atoms with Gasteiger partial charge in [-0.15, -0.1) is 0 Å². The zero-order valence-electron chi connectivity index (χ0n) is 11.0. The second kappa shape index (κ2) is 7.26. The molecule has 1 rings (SSSR count). The normalized spacial score (nSPS) is 12.2. The minimum Gasteiger partial charge on any atom is -0.465 e. The molecule has 0 unspecified atom stereocenters. The number of ether oxygens (including phenoxy) is 1. The average Bonchev–Trinajstić information content (AvgIpc) is 2.42. The lowest BCUT2D eigenvalue weighted by molar-refractivity contribution is -0.135. The highest BCUT2D eigenvalue weighted by molar-refractivity contribution is 5.91. The largest absolute Gasteiger partial charge is 0.465 e. The van der Waals surface area contributed by atoms with Crippen molar-refractivity contribution in [1.29, 1.82) is 0 Å². The summed E-state index contributed by atoms with van der Waals surface area (Å²) < 4.78 is 17.7. The van der Waals surface area contributed by atoms with Crippen molar-refractivity contribution in [3.8, 4) is 0 Å². The van der Waals surface area contributed by atoms with Gasteiger partial charge in [0.05, 0.1) is 12.7 Å². The number of nitrogens with zero attached hydrogens (tertiary/aromatic N) is 1. The Morgan fingerprint density at radius 2 is 2.26 bits per heavy atom. The molecule has 0 fully saturated rings. The molecule has 0 bridgehead atoms. The van der Waals surface area contributed by atoms with Crippen molar-refractivity contribution in [2.75, 3.05) is 7.11 Å². The summed E-state index contributed by atoms with van der Waals surface area (Å²) in [4.78, 5) is 15.3. The Labute approximate surface area is 112 Å². The molecule has 1 aromatic carbocycles. The van der Waals surface area contributed by atoms with Gasteiger partial charge < -0.3 is 4.74 Å². The number of rotatable bonds is 5. The lowest BCUT2D eigenvalue weighted by Crippen LogP contribution is -2.03. The number of carbonyl (C=O) groups excluding carboxylic acids is 1. The fraction of sp³-hybridized carbons (Fsp3) is 0.200. The lowest BCUT2D eigenvalue weighted by Gasteiger charge is -2.04. The fourth-order valence-electron chi connectivity index (χ4n) is 1.57. The summed E-state index contributed by atoms with van der Waals surface area (Å²) in [5, 5.41) is 0. The molecule has 0 aromatic heterocycles. The van der Waals surface area contributed by atoms with Crippen LogP contribution in [0.1, 0.15) is 12.5 Å². The van der Waals surface area contributed by atoms with Crippen LogP contribution in [0, 0.1) is 5.82 Å². The van der Waals surface area contributed by atoms with Crippen LogP contribution in [-0.2, 0) is 16.0 Å². The summed E-state index contributed by atoms with van der Waals surface area (Å²) in [7, 11) is 1.31. The molecule has 3 nitrogen and oxygen atoms in total. The molecular weight excluding hydrogens is 245 g/mol. The molecule has 1 aromatic rings. The second-order valence-electron chi connectivity index (χ2n) is 3.84. The zero-order chi connectivity index (χ0) is 14.3. The number of hydrogen-bond acceptors (Lipinski definition) is 3. The molecule has 19 heavy (non-hydrogen) atoms. The van der Waals surface area contributed by atoms with Crippen molar-refractivity contribution < 1.29 is 13.9 Å². The van der Waals surface area contributed by atoms with Crippen molar-refractivity contribution in [3.05, 3.63) is 59.1 Å². The lowest BCUT2D eigenvalue weighted by atomic mass is 10.1. The summed E-state index contributed by atoms with van der Waals surface area (Å²) in [5.74, 6) is -0.747. The van der Waals surface area contributed by atoms with Gasteiger partial charge in [0, 0.05) is 12.1 Å². The van der Waals surface area contributed by atoms with Gasteiger partial charge in [0.15, 0.2) is 0 Å². The van der Waals surface area contributed by atoms with Gasteiger partial charge in [-0.3, -0.25) is 4.99 Å². The van der Waals surface area contributed by atoms with E-state index >= 15 is 0 Å². The van der Waals surface area contributed by atoms with Crippen LogP contribution < -0.4 is 0 Å². The number of methoxy groups -OCH3 is 1. The maximum absolute atomic E-state index is 13.1. The third kappa shape index (κ3) is 4.50. The molecule has 100 valence electrons. The van der Waals surface area contributed by atoms with Crippen molar-refractivity contribution in [2.24, 2.45) is 4.99 Å². The number of allylic oxidation sites excluding steroid dienone is 2. The van der Waals surface area contributed by atoms with E-state index in [0.717, 1.165) is 5.56 Å². The summed E-state index contributed by atoms with van der Waals surface area (Å²) in [5.41, 5.74) is 1.73. The standard InChI is InChI=1S/C15H16FNO2/c1-4-12(15(18)19-3)10-14(17-2)9-11-6-5-7-13(16)8-11/h4-8,10H,2,9H2,1,3H3/b12-4+,14-10-. The van der Waals surface area contributed by atoms with Crippen LogP contribution in [0.25, 0.3) is 0 Å². The van der Waals surface area contributed by atoms with Crippen molar-refractivity contribution in [3.63, 3.8) is 0 Å². The molecule has 0 N–H and O–H groups in total. The van der Waals surface area contributed by atoms with Crippen molar-refractivity contribution >= 4 is 12.7 Å². The first-order valence-electron chi connectivity index (χ1n) is 5.77. The Bertz CT molecular complexity index is 533. The predicted molar refractivity (Wildman–Crippen MR) is 73.5 cm³/mol. The molecule has 0 atom stereocenters. The molecule has 0 saturated heterocycles. The fourth-order valence-corrected chi connectivity index (χ4v) is 1.57. The maximum Gasteiger partial charge on any atom is 0.337 e. The molecule has 0 amide bonds. The second-order valence-corrected chi connectivity index (χ2v) is 3.84. The molecule has 0 aliphatic rings. The van der Waals surface area contributed by atoms with E-state index < -0.39 is 5.97 Å². The molecule has 0 aliphatic carbocycles. The Kier molecular flexibility index (Phi) is 5.67. The molecule has 0 aliphatic heterocycles. The zero-order valence-corrected chi connectivity index (χ0v) is 11.0. The third-order valence-electron chi connectivity index (χ3n) is 2.53. The van der Waals surface area contributed by atoms with Crippen LogP contribution in [0.4, 0.5) is 4.39 Å². The SMILES string of the molecule is C=N/C(=C\C(=C/C)C(=O)OC)Cc1cccc(F)c1. The van der Waals surface area contributed by atoms with E-state index in [1.54, 1.807) is 31.2 Å². The highest BCUT2D eigenvalue weighted by atomic mass is 19.1. The van der Waals surface area contributed by atoms with Gasteiger partial charge in [-0.25, -0.2) is 9.18 Å². The number of benzene rings is 1. The third-order valence-corrected chi connectivity index (χ3v) is 2.53. The first-order valence-corrected chi connectivity index (χ1v) is 5.77. The van der Waals surface area contributed by atoms with E-state index in [1.807, 2.05) is 0 Å². The van der Waals surface area contributed by atoms with Gasteiger partial charge in [-0.05, 0) is 37.4 Å². The molecular formula is C15H16FNO2. The van der Waals surface area contributed by atoms with E-state index in [9.17, 15) is 9.18 Å². The Balaban J connectivity index is 2.95. The first-order chi connectivity index (χ1) is 9.10. The molecule has 0 radical (unpaired) electrons. The van der Waals surface area contributed by atoms with Gasteiger partial charge >= 0.3 is 5.97 Å². The van der Waals surface area contributed by atoms with Crippen LogP contribution in [0.3, 0.4) is 0 Å². The van der Waals surface area contributed by atoms with Crippen LogP contribution in [0.2, 0.25) is 0 Å². The van der Waals surface area contributed by atoms with Gasteiger partial charge in [0.2, 0.25) is 0 Å². The summed E-state index contributed by atoms with van der Waals surface area (Å²) >= 11 is 0. The van der Waals surface area contributed by atoms with Gasteiger partial charge in [0.25, 0.3) is 0 Å². The van der Waals surface area contributed by atoms with Crippen LogP contribution in [0.5, 0.6) is 0 Å². The number of esters is 1. The summed E-state index contributed by atoms with van der Waals surface area (Å²) in [6.45, 7) is 5.19. The Hall–Kier alpha value is -2.23. The molecule has 0 saturated carbocycles.